The van der Waals surface area contributed by atoms with Gasteiger partial charge in [-0.2, -0.15) is 0 Å². The Balaban J connectivity index is 1.98. The lowest BCUT2D eigenvalue weighted by Crippen LogP contribution is -2.15. The molecule has 0 aliphatic rings. The third-order valence-corrected chi connectivity index (χ3v) is 3.95. The Hall–Kier alpha value is -2.95. The fourth-order valence-electron chi connectivity index (χ4n) is 2.72. The van der Waals surface area contributed by atoms with Crippen molar-refractivity contribution >= 4 is 22.5 Å². The number of anilines is 1. The van der Waals surface area contributed by atoms with Crippen LogP contribution < -0.4 is 10.9 Å². The molecule has 0 saturated carbocycles. The average Bonchev–Trinajstić information content (AvgIpc) is 2.55. The molecule has 0 aliphatic heterocycles. The van der Waals surface area contributed by atoms with Gasteiger partial charge in [-0.05, 0) is 43.2 Å². The molecule has 2 heterocycles. The van der Waals surface area contributed by atoms with Gasteiger partial charge in [0.15, 0.2) is 0 Å². The summed E-state index contributed by atoms with van der Waals surface area (Å²) in [4.78, 5) is 31.0. The molecule has 3 aromatic rings. The predicted octanol–water partition coefficient (Wildman–Crippen LogP) is 3.05. The summed E-state index contributed by atoms with van der Waals surface area (Å²) in [5.74, 6) is -0.212. The van der Waals surface area contributed by atoms with E-state index in [0.29, 0.717) is 17.7 Å². The minimum Gasteiger partial charge on any atom is -0.322 e. The normalized spacial score (nSPS) is 10.7. The fraction of sp³-hybridized carbons (Fsp3) is 0.167. The zero-order chi connectivity index (χ0) is 16.4. The molecule has 0 bridgehead atoms. The number of carbonyl (C=O) groups is 1. The minimum atomic E-state index is -0.212. The fourth-order valence-corrected chi connectivity index (χ4v) is 2.72. The number of hydrogen-bond acceptors (Lipinski definition) is 3. The molecule has 0 atom stereocenters. The second-order valence-corrected chi connectivity index (χ2v) is 5.36. The maximum atomic E-state index is 12.2. The first-order chi connectivity index (χ1) is 11.1. The second kappa shape index (κ2) is 6.04. The van der Waals surface area contributed by atoms with Crippen LogP contribution in [0.3, 0.4) is 0 Å². The highest BCUT2D eigenvalue weighted by Gasteiger charge is 2.10. The molecule has 1 aromatic carbocycles. The van der Waals surface area contributed by atoms with Crippen LogP contribution in [0.4, 0.5) is 5.69 Å². The van der Waals surface area contributed by atoms with Gasteiger partial charge in [-0.25, -0.2) is 0 Å². The van der Waals surface area contributed by atoms with Crippen LogP contribution >= 0.6 is 0 Å². The van der Waals surface area contributed by atoms with Crippen molar-refractivity contribution in [1.29, 1.82) is 0 Å². The van der Waals surface area contributed by atoms with E-state index in [1.165, 1.54) is 0 Å². The topological polar surface area (TPSA) is 74.8 Å². The molecule has 1 amide bonds. The zero-order valence-corrected chi connectivity index (χ0v) is 13.0. The van der Waals surface area contributed by atoms with E-state index < -0.39 is 0 Å². The van der Waals surface area contributed by atoms with E-state index in [9.17, 15) is 9.59 Å². The van der Waals surface area contributed by atoms with Crippen LogP contribution in [-0.4, -0.2) is 15.9 Å². The zero-order valence-electron chi connectivity index (χ0n) is 13.0. The van der Waals surface area contributed by atoms with Crippen molar-refractivity contribution in [3.05, 3.63) is 69.8 Å². The highest BCUT2D eigenvalue weighted by molar-refractivity contribution is 6.05. The number of aryl methyl sites for hydroxylation is 1. The molecule has 0 radical (unpaired) electrons. The molecule has 5 heteroatoms. The molecule has 5 nitrogen and oxygen atoms in total. The summed E-state index contributed by atoms with van der Waals surface area (Å²) in [5, 5.41) is 3.82. The maximum absolute atomic E-state index is 12.2. The molecular weight excluding hydrogens is 290 g/mol. The van der Waals surface area contributed by atoms with E-state index in [1.807, 2.05) is 26.0 Å². The Morgan fingerprint density at radius 2 is 1.96 bits per heavy atom. The number of benzene rings is 1. The molecule has 0 aliphatic carbocycles. The van der Waals surface area contributed by atoms with Crippen molar-refractivity contribution in [1.82, 2.24) is 9.97 Å². The monoisotopic (exact) mass is 307 g/mol. The average molecular weight is 307 g/mol. The van der Waals surface area contributed by atoms with Crippen LogP contribution in [0.5, 0.6) is 0 Å². The van der Waals surface area contributed by atoms with Crippen LogP contribution in [0, 0.1) is 6.92 Å². The van der Waals surface area contributed by atoms with Gasteiger partial charge in [-0.1, -0.05) is 13.0 Å². The summed E-state index contributed by atoms with van der Waals surface area (Å²) in [6.45, 7) is 3.92. The number of pyridine rings is 2. The van der Waals surface area contributed by atoms with Gasteiger partial charge in [0.2, 0.25) is 0 Å². The van der Waals surface area contributed by atoms with E-state index in [0.717, 1.165) is 22.0 Å². The van der Waals surface area contributed by atoms with Gasteiger partial charge in [0, 0.05) is 34.6 Å². The van der Waals surface area contributed by atoms with Crippen LogP contribution in [0.15, 0.2) is 47.5 Å². The summed E-state index contributed by atoms with van der Waals surface area (Å²) in [5.41, 5.74) is 3.60. The first-order valence-corrected chi connectivity index (χ1v) is 7.47. The third kappa shape index (κ3) is 2.85. The van der Waals surface area contributed by atoms with Crippen molar-refractivity contribution in [3.63, 3.8) is 0 Å². The third-order valence-electron chi connectivity index (χ3n) is 3.95. The van der Waals surface area contributed by atoms with Crippen molar-refractivity contribution in [2.24, 2.45) is 0 Å². The molecule has 116 valence electrons. The standard InChI is InChI=1S/C18H17N3O2/c1-3-14-11(2)15-5-4-13(10-16(15)21-18(14)23)20-17(22)12-6-8-19-9-7-12/h4-10H,3H2,1-2H3,(H,20,22)(H,21,23). The summed E-state index contributed by atoms with van der Waals surface area (Å²) in [7, 11) is 0. The van der Waals surface area contributed by atoms with E-state index in [-0.39, 0.29) is 11.5 Å². The lowest BCUT2D eigenvalue weighted by atomic mass is 10.0. The number of nitrogens with zero attached hydrogens (tertiary/aromatic N) is 1. The van der Waals surface area contributed by atoms with E-state index in [1.54, 1.807) is 30.6 Å². The predicted molar refractivity (Wildman–Crippen MR) is 90.9 cm³/mol. The number of aromatic nitrogens is 2. The van der Waals surface area contributed by atoms with Crippen LogP contribution in [0.1, 0.15) is 28.4 Å². The van der Waals surface area contributed by atoms with E-state index >= 15 is 0 Å². The highest BCUT2D eigenvalue weighted by Crippen LogP contribution is 2.21. The molecule has 23 heavy (non-hydrogen) atoms. The number of fused-ring (bicyclic) bond motifs is 1. The van der Waals surface area contributed by atoms with Gasteiger partial charge in [-0.3, -0.25) is 14.6 Å². The number of carbonyl (C=O) groups excluding carboxylic acids is 1. The van der Waals surface area contributed by atoms with Crippen LogP contribution in [-0.2, 0) is 6.42 Å². The van der Waals surface area contributed by atoms with Crippen molar-refractivity contribution < 1.29 is 4.79 Å². The number of rotatable bonds is 3. The lowest BCUT2D eigenvalue weighted by Gasteiger charge is -2.10. The van der Waals surface area contributed by atoms with Gasteiger partial charge < -0.3 is 10.3 Å². The van der Waals surface area contributed by atoms with E-state index in [2.05, 4.69) is 15.3 Å². The number of aromatic amines is 1. The Morgan fingerprint density at radius 3 is 2.65 bits per heavy atom. The Bertz CT molecular complexity index is 930. The first kappa shape index (κ1) is 15.0. The van der Waals surface area contributed by atoms with Crippen molar-refractivity contribution in [3.8, 4) is 0 Å². The lowest BCUT2D eigenvalue weighted by molar-refractivity contribution is 0.102. The summed E-state index contributed by atoms with van der Waals surface area (Å²) < 4.78 is 0. The van der Waals surface area contributed by atoms with Gasteiger partial charge in [0.05, 0.1) is 5.52 Å². The smallest absolute Gasteiger partial charge is 0.255 e. The largest absolute Gasteiger partial charge is 0.322 e. The molecular formula is C18H17N3O2. The number of H-pyrrole nitrogens is 1. The Kier molecular flexibility index (Phi) is 3.93. The number of nitrogens with one attached hydrogen (secondary N) is 2. The summed E-state index contributed by atoms with van der Waals surface area (Å²) in [6, 6.07) is 8.84. The van der Waals surface area contributed by atoms with Gasteiger partial charge in [-0.15, -0.1) is 0 Å². The van der Waals surface area contributed by atoms with Crippen LogP contribution in [0.2, 0.25) is 0 Å². The molecule has 0 saturated heterocycles. The molecule has 0 fully saturated rings. The van der Waals surface area contributed by atoms with E-state index in [4.69, 9.17) is 0 Å². The van der Waals surface area contributed by atoms with Gasteiger partial charge in [0.25, 0.3) is 11.5 Å². The highest BCUT2D eigenvalue weighted by atomic mass is 16.1. The van der Waals surface area contributed by atoms with Crippen molar-refractivity contribution in [2.75, 3.05) is 5.32 Å². The second-order valence-electron chi connectivity index (χ2n) is 5.36. The van der Waals surface area contributed by atoms with Crippen molar-refractivity contribution in [2.45, 2.75) is 20.3 Å². The molecule has 0 unspecified atom stereocenters. The molecule has 2 aromatic heterocycles. The number of hydrogen-bond donors (Lipinski definition) is 2. The Morgan fingerprint density at radius 1 is 1.22 bits per heavy atom. The van der Waals surface area contributed by atoms with Gasteiger partial charge >= 0.3 is 0 Å². The molecule has 2 N–H and O–H groups in total. The molecule has 3 rings (SSSR count). The van der Waals surface area contributed by atoms with Crippen LogP contribution in [0.25, 0.3) is 10.9 Å². The SMILES string of the molecule is CCc1c(C)c2ccc(NC(=O)c3ccncc3)cc2[nH]c1=O. The summed E-state index contributed by atoms with van der Waals surface area (Å²) >= 11 is 0. The van der Waals surface area contributed by atoms with Gasteiger partial charge in [0.1, 0.15) is 0 Å². The number of amides is 1. The Labute approximate surface area is 133 Å². The first-order valence-electron chi connectivity index (χ1n) is 7.47. The minimum absolute atomic E-state index is 0.0740. The molecule has 0 spiro atoms. The quantitative estimate of drug-likeness (QED) is 0.781. The maximum Gasteiger partial charge on any atom is 0.255 e. The summed E-state index contributed by atoms with van der Waals surface area (Å²) in [6.07, 6.45) is 3.84.